The standard InChI is InChI=1S/C23H34N2O4S/c1-15-11-18(12-21(16(15)2)30(27,28)25-7-9-29-10-8-25)22(26)24-14-17-5-6-19-13-20(17)23(19,3)4/h11-12,17,19-20H,5-10,13-14H2,1-4H3,(H,24,26)/t17?,19-,20-/m0/s1. The molecule has 1 saturated heterocycles. The lowest BCUT2D eigenvalue weighted by Gasteiger charge is -2.60. The van der Waals surface area contributed by atoms with E-state index in [1.807, 2.05) is 13.8 Å². The SMILES string of the molecule is Cc1cc(C(=O)NCC2CC[C@H]3C[C@@H]2C3(C)C)cc(S(=O)(=O)N2CCOCC2)c1C. The molecule has 3 atom stereocenters. The fraction of sp³-hybridized carbons (Fsp3) is 0.696. The van der Waals surface area contributed by atoms with Crippen molar-refractivity contribution in [3.63, 3.8) is 0 Å². The first-order valence-corrected chi connectivity index (χ1v) is 12.5. The van der Waals surface area contributed by atoms with Crippen LogP contribution in [-0.4, -0.2) is 51.5 Å². The second kappa shape index (κ2) is 7.92. The highest BCUT2D eigenvalue weighted by Gasteiger charge is 2.53. The summed E-state index contributed by atoms with van der Waals surface area (Å²) in [6.45, 7) is 10.5. The van der Waals surface area contributed by atoms with Crippen LogP contribution in [0.25, 0.3) is 0 Å². The molecule has 6 nitrogen and oxygen atoms in total. The Kier molecular flexibility index (Phi) is 5.75. The number of ether oxygens (including phenoxy) is 1. The monoisotopic (exact) mass is 434 g/mol. The van der Waals surface area contributed by atoms with E-state index in [1.54, 1.807) is 12.1 Å². The van der Waals surface area contributed by atoms with Crippen molar-refractivity contribution in [1.82, 2.24) is 9.62 Å². The summed E-state index contributed by atoms with van der Waals surface area (Å²) in [5.74, 6) is 1.84. The van der Waals surface area contributed by atoms with Gasteiger partial charge in [-0.2, -0.15) is 4.31 Å². The molecular formula is C23H34N2O4S. The molecule has 30 heavy (non-hydrogen) atoms. The Morgan fingerprint density at radius 1 is 1.20 bits per heavy atom. The third-order valence-electron chi connectivity index (χ3n) is 8.00. The van der Waals surface area contributed by atoms with Gasteiger partial charge in [0.25, 0.3) is 5.91 Å². The Labute approximate surface area is 180 Å². The first-order chi connectivity index (χ1) is 14.1. The topological polar surface area (TPSA) is 75.7 Å². The lowest BCUT2D eigenvalue weighted by atomic mass is 9.45. The summed E-state index contributed by atoms with van der Waals surface area (Å²) in [6, 6.07) is 3.35. The van der Waals surface area contributed by atoms with Crippen molar-refractivity contribution in [2.24, 2.45) is 23.2 Å². The Morgan fingerprint density at radius 2 is 1.90 bits per heavy atom. The van der Waals surface area contributed by atoms with Crippen LogP contribution in [0.15, 0.2) is 17.0 Å². The Hall–Kier alpha value is -1.44. The van der Waals surface area contributed by atoms with E-state index in [0.717, 1.165) is 11.5 Å². The Balaban J connectivity index is 1.51. The van der Waals surface area contributed by atoms with Gasteiger partial charge in [-0.3, -0.25) is 4.79 Å². The van der Waals surface area contributed by atoms with Crippen molar-refractivity contribution in [2.75, 3.05) is 32.8 Å². The van der Waals surface area contributed by atoms with Gasteiger partial charge in [0.05, 0.1) is 18.1 Å². The van der Waals surface area contributed by atoms with Crippen molar-refractivity contribution in [3.8, 4) is 0 Å². The number of morpholine rings is 1. The van der Waals surface area contributed by atoms with Crippen LogP contribution in [0.3, 0.4) is 0 Å². The number of nitrogens with one attached hydrogen (secondary N) is 1. The van der Waals surface area contributed by atoms with E-state index < -0.39 is 10.0 Å². The van der Waals surface area contributed by atoms with Crippen LogP contribution in [0.5, 0.6) is 0 Å². The van der Waals surface area contributed by atoms with Crippen molar-refractivity contribution >= 4 is 15.9 Å². The van der Waals surface area contributed by atoms with Crippen molar-refractivity contribution in [2.45, 2.75) is 51.9 Å². The molecule has 0 radical (unpaired) electrons. The number of hydrogen-bond acceptors (Lipinski definition) is 4. The molecule has 7 heteroatoms. The molecule has 2 bridgehead atoms. The van der Waals surface area contributed by atoms with Gasteiger partial charge in [-0.15, -0.1) is 0 Å². The third-order valence-corrected chi connectivity index (χ3v) is 10.0. The molecule has 1 aliphatic heterocycles. The summed E-state index contributed by atoms with van der Waals surface area (Å²) in [4.78, 5) is 13.2. The molecule has 0 spiro atoms. The molecule has 1 N–H and O–H groups in total. The fourth-order valence-corrected chi connectivity index (χ4v) is 7.42. The van der Waals surface area contributed by atoms with E-state index in [-0.39, 0.29) is 10.8 Å². The van der Waals surface area contributed by atoms with Crippen LogP contribution in [0, 0.1) is 37.0 Å². The number of rotatable bonds is 5. The van der Waals surface area contributed by atoms with Gasteiger partial charge in [-0.25, -0.2) is 8.42 Å². The van der Waals surface area contributed by atoms with Gasteiger partial charge < -0.3 is 10.1 Å². The van der Waals surface area contributed by atoms with Crippen molar-refractivity contribution < 1.29 is 17.9 Å². The zero-order chi connectivity index (χ0) is 21.7. The maximum absolute atomic E-state index is 13.2. The minimum atomic E-state index is -3.65. The number of amides is 1. The van der Waals surface area contributed by atoms with Crippen molar-refractivity contribution in [1.29, 1.82) is 0 Å². The molecule has 0 aromatic heterocycles. The highest BCUT2D eigenvalue weighted by atomic mass is 32.2. The summed E-state index contributed by atoms with van der Waals surface area (Å²) in [6.07, 6.45) is 3.69. The van der Waals surface area contributed by atoms with Crippen LogP contribution >= 0.6 is 0 Å². The first kappa shape index (κ1) is 21.8. The molecule has 4 aliphatic rings. The number of sulfonamides is 1. The lowest BCUT2D eigenvalue weighted by molar-refractivity contribution is -0.103. The predicted octanol–water partition coefficient (Wildman–Crippen LogP) is 3.13. The average Bonchev–Trinajstić information content (AvgIpc) is 2.74. The second-order valence-corrected chi connectivity index (χ2v) is 11.7. The average molecular weight is 435 g/mol. The maximum atomic E-state index is 13.2. The summed E-state index contributed by atoms with van der Waals surface area (Å²) in [5.41, 5.74) is 2.32. The maximum Gasteiger partial charge on any atom is 0.251 e. The number of benzene rings is 1. The zero-order valence-electron chi connectivity index (χ0n) is 18.5. The predicted molar refractivity (Wildman–Crippen MR) is 116 cm³/mol. The Morgan fingerprint density at radius 3 is 2.53 bits per heavy atom. The van der Waals surface area contributed by atoms with E-state index in [4.69, 9.17) is 4.74 Å². The first-order valence-electron chi connectivity index (χ1n) is 11.1. The molecule has 4 fully saturated rings. The smallest absolute Gasteiger partial charge is 0.251 e. The Bertz CT molecular complexity index is 933. The molecule has 1 aromatic rings. The summed E-state index contributed by atoms with van der Waals surface area (Å²) < 4.78 is 33.1. The molecule has 1 amide bonds. The fourth-order valence-electron chi connectivity index (χ4n) is 5.68. The molecular weight excluding hydrogens is 400 g/mol. The summed E-state index contributed by atoms with van der Waals surface area (Å²) >= 11 is 0. The normalized spacial score (nSPS) is 28.6. The van der Waals surface area contributed by atoms with Gasteiger partial charge in [-0.1, -0.05) is 13.8 Å². The highest BCUT2D eigenvalue weighted by Crippen LogP contribution is 2.61. The lowest BCUT2D eigenvalue weighted by Crippen LogP contribution is -2.54. The van der Waals surface area contributed by atoms with Crippen LogP contribution in [-0.2, 0) is 14.8 Å². The quantitative estimate of drug-likeness (QED) is 0.773. The zero-order valence-corrected chi connectivity index (χ0v) is 19.3. The van der Waals surface area contributed by atoms with Crippen molar-refractivity contribution in [3.05, 3.63) is 28.8 Å². The van der Waals surface area contributed by atoms with E-state index in [9.17, 15) is 13.2 Å². The van der Waals surface area contributed by atoms with Gasteiger partial charge >= 0.3 is 0 Å². The highest BCUT2D eigenvalue weighted by molar-refractivity contribution is 7.89. The largest absolute Gasteiger partial charge is 0.379 e. The number of aryl methyl sites for hydroxylation is 1. The van der Waals surface area contributed by atoms with Crippen LogP contribution in [0.4, 0.5) is 0 Å². The van der Waals surface area contributed by atoms with Gasteiger partial charge in [-0.05, 0) is 79.5 Å². The van der Waals surface area contributed by atoms with Gasteiger partial charge in [0.1, 0.15) is 0 Å². The van der Waals surface area contributed by atoms with Crippen LogP contribution in [0.1, 0.15) is 54.6 Å². The third kappa shape index (κ3) is 3.69. The molecule has 166 valence electrons. The summed E-state index contributed by atoms with van der Waals surface area (Å²) in [5, 5.41) is 3.10. The minimum Gasteiger partial charge on any atom is -0.379 e. The molecule has 5 rings (SSSR count). The molecule has 1 unspecified atom stereocenters. The molecule has 3 aliphatic carbocycles. The van der Waals surface area contributed by atoms with Crippen LogP contribution < -0.4 is 5.32 Å². The number of nitrogens with zero attached hydrogens (tertiary/aromatic N) is 1. The van der Waals surface area contributed by atoms with E-state index >= 15 is 0 Å². The van der Waals surface area contributed by atoms with Gasteiger partial charge in [0, 0.05) is 25.2 Å². The van der Waals surface area contributed by atoms with E-state index in [0.29, 0.717) is 61.2 Å². The molecule has 3 saturated carbocycles. The molecule has 1 heterocycles. The summed E-state index contributed by atoms with van der Waals surface area (Å²) in [7, 11) is -3.65. The van der Waals surface area contributed by atoms with E-state index in [2.05, 4.69) is 19.2 Å². The second-order valence-electron chi connectivity index (χ2n) is 9.84. The number of carbonyl (C=O) groups excluding carboxylic acids is 1. The number of fused-ring (bicyclic) bond motifs is 2. The minimum absolute atomic E-state index is 0.184. The van der Waals surface area contributed by atoms with Gasteiger partial charge in [0.2, 0.25) is 10.0 Å². The van der Waals surface area contributed by atoms with E-state index in [1.165, 1.54) is 23.6 Å². The molecule has 1 aromatic carbocycles. The number of hydrogen-bond donors (Lipinski definition) is 1. The number of carbonyl (C=O) groups is 1. The van der Waals surface area contributed by atoms with Gasteiger partial charge in [0.15, 0.2) is 0 Å². The van der Waals surface area contributed by atoms with Crippen LogP contribution in [0.2, 0.25) is 0 Å².